The number of hydrogen-bond acceptors (Lipinski definition) is 3. The number of allylic oxidation sites excluding steroid dienone is 2. The Kier molecular flexibility index (Phi) is 2.15. The van der Waals surface area contributed by atoms with E-state index in [2.05, 4.69) is 16.2 Å². The summed E-state index contributed by atoms with van der Waals surface area (Å²) in [5.74, 6) is -0.0657. The molecular weight excluding hydrogens is 142 g/mol. The van der Waals surface area contributed by atoms with Crippen LogP contribution in [0.3, 0.4) is 0 Å². The molecule has 60 valence electrons. The molecule has 0 fully saturated rings. The van der Waals surface area contributed by atoms with E-state index < -0.39 is 0 Å². The summed E-state index contributed by atoms with van der Waals surface area (Å²) in [5.41, 5.74) is 7.40. The number of carbonyl (C=O) groups is 1. The Morgan fingerprint density at radius 3 is 2.91 bits per heavy atom. The normalized spacial score (nSPS) is 15.5. The van der Waals surface area contributed by atoms with Crippen molar-refractivity contribution in [3.05, 3.63) is 23.7 Å². The molecule has 0 aromatic heterocycles. The third-order valence-corrected chi connectivity index (χ3v) is 1.19. The van der Waals surface area contributed by atoms with E-state index in [-0.39, 0.29) is 5.91 Å². The second-order valence-corrected chi connectivity index (χ2v) is 2.38. The van der Waals surface area contributed by atoms with Gasteiger partial charge >= 0.3 is 0 Å². The quantitative estimate of drug-likeness (QED) is 0.496. The van der Waals surface area contributed by atoms with Crippen LogP contribution < -0.4 is 16.2 Å². The molecule has 0 radical (unpaired) electrons. The average molecular weight is 153 g/mol. The topological polar surface area (TPSA) is 53.2 Å². The van der Waals surface area contributed by atoms with E-state index in [1.54, 1.807) is 6.20 Å². The molecule has 0 atom stereocenters. The highest BCUT2D eigenvalue weighted by Crippen LogP contribution is 1.98. The van der Waals surface area contributed by atoms with Gasteiger partial charge in [0.1, 0.15) is 0 Å². The van der Waals surface area contributed by atoms with Crippen molar-refractivity contribution in [3.63, 3.8) is 0 Å². The van der Waals surface area contributed by atoms with E-state index in [0.717, 1.165) is 11.4 Å². The first-order valence-electron chi connectivity index (χ1n) is 3.36. The molecule has 0 saturated carbocycles. The number of rotatable bonds is 1. The highest BCUT2D eigenvalue weighted by Gasteiger charge is 2.00. The monoisotopic (exact) mass is 153 g/mol. The van der Waals surface area contributed by atoms with Crippen LogP contribution in [-0.4, -0.2) is 5.91 Å². The highest BCUT2D eigenvalue weighted by molar-refractivity contribution is 5.75. The summed E-state index contributed by atoms with van der Waals surface area (Å²) in [6.07, 6.45) is 3.53. The molecule has 0 bridgehead atoms. The predicted octanol–water partition coefficient (Wildman–Crippen LogP) is -0.0245. The van der Waals surface area contributed by atoms with Crippen molar-refractivity contribution in [2.24, 2.45) is 0 Å². The smallest absolute Gasteiger partial charge is 0.221 e. The fourth-order valence-electron chi connectivity index (χ4n) is 0.814. The minimum atomic E-state index is -0.0657. The first-order chi connectivity index (χ1) is 5.18. The SMILES string of the molecule is CC(=O)NC1=CNNC(C)=C1. The van der Waals surface area contributed by atoms with Crippen LogP contribution in [0.15, 0.2) is 23.7 Å². The molecule has 0 spiro atoms. The largest absolute Gasteiger partial charge is 0.325 e. The molecule has 1 amide bonds. The van der Waals surface area contributed by atoms with Gasteiger partial charge < -0.3 is 16.2 Å². The van der Waals surface area contributed by atoms with Gasteiger partial charge in [0.05, 0.1) is 5.70 Å². The summed E-state index contributed by atoms with van der Waals surface area (Å²) >= 11 is 0. The van der Waals surface area contributed by atoms with Crippen LogP contribution in [0.25, 0.3) is 0 Å². The number of nitrogens with one attached hydrogen (secondary N) is 3. The molecule has 1 heterocycles. The molecule has 0 saturated heterocycles. The Bertz CT molecular complexity index is 230. The summed E-state index contributed by atoms with van der Waals surface area (Å²) in [7, 11) is 0. The predicted molar refractivity (Wildman–Crippen MR) is 41.9 cm³/mol. The van der Waals surface area contributed by atoms with E-state index in [1.165, 1.54) is 6.92 Å². The fraction of sp³-hybridized carbons (Fsp3) is 0.286. The summed E-state index contributed by atoms with van der Waals surface area (Å²) in [6, 6.07) is 0. The zero-order valence-electron chi connectivity index (χ0n) is 6.56. The van der Waals surface area contributed by atoms with E-state index in [0.29, 0.717) is 0 Å². The van der Waals surface area contributed by atoms with Crippen LogP contribution in [0.4, 0.5) is 0 Å². The maximum Gasteiger partial charge on any atom is 0.221 e. The number of carbonyl (C=O) groups excluding carboxylic acids is 1. The standard InChI is InChI=1S/C7H11N3O/c1-5-3-7(4-8-10-5)9-6(2)11/h3-4,8,10H,1-2H3,(H,9,11). The summed E-state index contributed by atoms with van der Waals surface area (Å²) < 4.78 is 0. The van der Waals surface area contributed by atoms with Crippen LogP contribution in [0.2, 0.25) is 0 Å². The van der Waals surface area contributed by atoms with Crippen molar-refractivity contribution in [2.45, 2.75) is 13.8 Å². The van der Waals surface area contributed by atoms with Gasteiger partial charge in [-0.25, -0.2) is 0 Å². The van der Waals surface area contributed by atoms with Gasteiger partial charge in [-0.1, -0.05) is 0 Å². The fourth-order valence-corrected chi connectivity index (χ4v) is 0.814. The van der Waals surface area contributed by atoms with Crippen molar-refractivity contribution >= 4 is 5.91 Å². The molecule has 3 N–H and O–H groups in total. The van der Waals surface area contributed by atoms with Gasteiger partial charge in [0.25, 0.3) is 0 Å². The number of hydrogen-bond donors (Lipinski definition) is 3. The molecule has 1 aliphatic heterocycles. The summed E-state index contributed by atoms with van der Waals surface area (Å²) in [4.78, 5) is 10.6. The van der Waals surface area contributed by atoms with E-state index in [9.17, 15) is 4.79 Å². The van der Waals surface area contributed by atoms with E-state index in [4.69, 9.17) is 0 Å². The zero-order chi connectivity index (χ0) is 8.27. The van der Waals surface area contributed by atoms with Crippen molar-refractivity contribution in [3.8, 4) is 0 Å². The maximum absolute atomic E-state index is 10.6. The van der Waals surface area contributed by atoms with Gasteiger partial charge in [0.2, 0.25) is 5.91 Å². The molecule has 0 unspecified atom stereocenters. The van der Waals surface area contributed by atoms with Crippen molar-refractivity contribution in [2.75, 3.05) is 0 Å². The molecule has 1 aliphatic rings. The Morgan fingerprint density at radius 1 is 1.64 bits per heavy atom. The maximum atomic E-state index is 10.6. The first-order valence-corrected chi connectivity index (χ1v) is 3.36. The Balaban J connectivity index is 2.59. The van der Waals surface area contributed by atoms with Gasteiger partial charge in [-0.2, -0.15) is 0 Å². The van der Waals surface area contributed by atoms with Crippen LogP contribution in [-0.2, 0) is 4.79 Å². The lowest BCUT2D eigenvalue weighted by Crippen LogP contribution is -2.32. The van der Waals surface area contributed by atoms with Crippen molar-refractivity contribution in [1.82, 2.24) is 16.2 Å². The Hall–Kier alpha value is -1.45. The van der Waals surface area contributed by atoms with Crippen molar-refractivity contribution in [1.29, 1.82) is 0 Å². The lowest BCUT2D eigenvalue weighted by Gasteiger charge is -2.14. The molecule has 0 aromatic rings. The van der Waals surface area contributed by atoms with Crippen LogP contribution in [0.5, 0.6) is 0 Å². The Labute approximate surface area is 65.3 Å². The average Bonchev–Trinajstić information content (AvgIpc) is 1.85. The third kappa shape index (κ3) is 2.33. The molecule has 4 heteroatoms. The van der Waals surface area contributed by atoms with Gasteiger partial charge in [-0.3, -0.25) is 4.79 Å². The number of amides is 1. The number of hydrazine groups is 1. The van der Waals surface area contributed by atoms with Gasteiger partial charge in [-0.15, -0.1) is 0 Å². The summed E-state index contributed by atoms with van der Waals surface area (Å²) in [5, 5.41) is 2.66. The Morgan fingerprint density at radius 2 is 2.36 bits per heavy atom. The van der Waals surface area contributed by atoms with Gasteiger partial charge in [-0.05, 0) is 13.0 Å². The minimum absolute atomic E-state index is 0.0657. The van der Waals surface area contributed by atoms with Gasteiger partial charge in [0, 0.05) is 18.8 Å². The minimum Gasteiger partial charge on any atom is -0.325 e. The van der Waals surface area contributed by atoms with E-state index >= 15 is 0 Å². The molecule has 4 nitrogen and oxygen atoms in total. The highest BCUT2D eigenvalue weighted by atomic mass is 16.1. The lowest BCUT2D eigenvalue weighted by molar-refractivity contribution is -0.118. The third-order valence-electron chi connectivity index (χ3n) is 1.19. The van der Waals surface area contributed by atoms with Crippen molar-refractivity contribution < 1.29 is 4.79 Å². The first kappa shape index (κ1) is 7.65. The zero-order valence-corrected chi connectivity index (χ0v) is 6.56. The second-order valence-electron chi connectivity index (χ2n) is 2.38. The molecule has 1 rings (SSSR count). The second kappa shape index (κ2) is 3.09. The van der Waals surface area contributed by atoms with Gasteiger partial charge in [0.15, 0.2) is 0 Å². The molecule has 11 heavy (non-hydrogen) atoms. The lowest BCUT2D eigenvalue weighted by atomic mass is 10.3. The van der Waals surface area contributed by atoms with Crippen LogP contribution >= 0.6 is 0 Å². The molecule has 0 aromatic carbocycles. The summed E-state index contributed by atoms with van der Waals surface area (Å²) in [6.45, 7) is 3.38. The molecular formula is C7H11N3O. The van der Waals surface area contributed by atoms with E-state index in [1.807, 2.05) is 13.0 Å². The van der Waals surface area contributed by atoms with Crippen LogP contribution in [0.1, 0.15) is 13.8 Å². The van der Waals surface area contributed by atoms with Crippen LogP contribution in [0, 0.1) is 0 Å². The molecule has 0 aliphatic carbocycles.